The van der Waals surface area contributed by atoms with Crippen LogP contribution in [-0.2, 0) is 13.0 Å². The number of benzene rings is 1. The average Bonchev–Trinajstić information content (AvgIpc) is 2.96. The van der Waals surface area contributed by atoms with Crippen LogP contribution in [0, 0.1) is 6.92 Å². The number of aromatic amines is 1. The van der Waals surface area contributed by atoms with Gasteiger partial charge in [0.05, 0.1) is 17.6 Å². The Morgan fingerprint density at radius 2 is 2.12 bits per heavy atom. The van der Waals surface area contributed by atoms with E-state index in [-0.39, 0.29) is 5.91 Å². The first-order chi connectivity index (χ1) is 12.0. The van der Waals surface area contributed by atoms with Crippen molar-refractivity contribution in [3.05, 3.63) is 46.1 Å². The van der Waals surface area contributed by atoms with Crippen LogP contribution in [0.2, 0.25) is 5.02 Å². The summed E-state index contributed by atoms with van der Waals surface area (Å²) in [5, 5.41) is 3.49. The van der Waals surface area contributed by atoms with Crippen LogP contribution in [0.15, 0.2) is 18.2 Å². The molecule has 1 amide bonds. The molecular weight excluding hydrogens is 340 g/mol. The molecule has 0 saturated heterocycles. The Hall–Kier alpha value is -2.67. The van der Waals surface area contributed by atoms with Gasteiger partial charge in [0.25, 0.3) is 5.91 Å². The van der Waals surface area contributed by atoms with Crippen LogP contribution in [0.3, 0.4) is 0 Å². The van der Waals surface area contributed by atoms with E-state index in [9.17, 15) is 4.79 Å². The number of hydrogen-bond donors (Lipinski definition) is 2. The third-order valence-corrected chi connectivity index (χ3v) is 4.45. The van der Waals surface area contributed by atoms with E-state index in [1.807, 2.05) is 30.1 Å². The zero-order valence-electron chi connectivity index (χ0n) is 13.9. The quantitative estimate of drug-likeness (QED) is 0.751. The number of aryl methyl sites for hydroxylation is 1. The number of halogens is 1. The Morgan fingerprint density at radius 1 is 1.28 bits per heavy atom. The maximum absolute atomic E-state index is 12.1. The highest BCUT2D eigenvalue weighted by molar-refractivity contribution is 6.31. The fourth-order valence-corrected chi connectivity index (χ4v) is 3.28. The molecule has 25 heavy (non-hydrogen) atoms. The van der Waals surface area contributed by atoms with Crippen molar-refractivity contribution in [2.75, 3.05) is 18.5 Å². The van der Waals surface area contributed by atoms with Crippen molar-refractivity contribution < 1.29 is 4.79 Å². The van der Waals surface area contributed by atoms with E-state index < -0.39 is 0 Å². The molecule has 2 N–H and O–H groups in total. The van der Waals surface area contributed by atoms with Crippen molar-refractivity contribution in [2.24, 2.45) is 0 Å². The SMILES string of the molecule is Cc1nc2c(c(N(C)Cc3nc4ccc(Cl)cc4[nH]3)n1)CCNC2=O. The molecule has 0 saturated carbocycles. The van der Waals surface area contributed by atoms with Gasteiger partial charge in [0.15, 0.2) is 0 Å². The number of rotatable bonds is 3. The van der Waals surface area contributed by atoms with Crippen molar-refractivity contribution in [2.45, 2.75) is 19.9 Å². The van der Waals surface area contributed by atoms with Gasteiger partial charge in [-0.1, -0.05) is 11.6 Å². The Bertz CT molecular complexity index is 983. The number of carbonyl (C=O) groups is 1. The molecule has 1 aliphatic heterocycles. The van der Waals surface area contributed by atoms with Gasteiger partial charge in [-0.3, -0.25) is 4.79 Å². The number of hydrogen-bond acceptors (Lipinski definition) is 5. The molecule has 0 fully saturated rings. The summed E-state index contributed by atoms with van der Waals surface area (Å²) >= 11 is 6.03. The number of amides is 1. The number of aromatic nitrogens is 4. The lowest BCUT2D eigenvalue weighted by Gasteiger charge is -2.24. The smallest absolute Gasteiger partial charge is 0.270 e. The summed E-state index contributed by atoms with van der Waals surface area (Å²) in [6.45, 7) is 2.93. The number of nitrogens with one attached hydrogen (secondary N) is 2. The highest BCUT2D eigenvalue weighted by atomic mass is 35.5. The van der Waals surface area contributed by atoms with Crippen molar-refractivity contribution in [1.82, 2.24) is 25.3 Å². The number of carbonyl (C=O) groups excluding carboxylic acids is 1. The van der Waals surface area contributed by atoms with Gasteiger partial charge in [0, 0.05) is 24.2 Å². The van der Waals surface area contributed by atoms with Gasteiger partial charge in [0.2, 0.25) is 0 Å². The molecule has 0 aliphatic carbocycles. The zero-order valence-corrected chi connectivity index (χ0v) is 14.7. The van der Waals surface area contributed by atoms with Gasteiger partial charge >= 0.3 is 0 Å². The number of anilines is 1. The van der Waals surface area contributed by atoms with Gasteiger partial charge < -0.3 is 15.2 Å². The minimum absolute atomic E-state index is 0.139. The Balaban J connectivity index is 1.68. The third kappa shape index (κ3) is 2.91. The Morgan fingerprint density at radius 3 is 2.96 bits per heavy atom. The fraction of sp³-hybridized carbons (Fsp3) is 0.294. The first kappa shape index (κ1) is 15.8. The van der Waals surface area contributed by atoms with Crippen molar-refractivity contribution in [3.63, 3.8) is 0 Å². The molecule has 0 bridgehead atoms. The van der Waals surface area contributed by atoms with Crippen molar-refractivity contribution in [3.8, 4) is 0 Å². The van der Waals surface area contributed by atoms with E-state index in [2.05, 4.69) is 25.3 Å². The minimum Gasteiger partial charge on any atom is -0.352 e. The third-order valence-electron chi connectivity index (χ3n) is 4.21. The molecule has 7 nitrogen and oxygen atoms in total. The summed E-state index contributed by atoms with van der Waals surface area (Å²) in [4.78, 5) is 30.8. The van der Waals surface area contributed by atoms with Crippen LogP contribution in [0.1, 0.15) is 27.7 Å². The van der Waals surface area contributed by atoms with E-state index in [1.54, 1.807) is 6.92 Å². The molecule has 0 radical (unpaired) electrons. The first-order valence-electron chi connectivity index (χ1n) is 8.02. The second-order valence-electron chi connectivity index (χ2n) is 6.13. The van der Waals surface area contributed by atoms with E-state index in [4.69, 9.17) is 11.6 Å². The standard InChI is InChI=1S/C17H17ClN6O/c1-9-20-15-11(5-6-19-17(15)25)16(21-9)24(2)8-14-22-12-4-3-10(18)7-13(12)23-14/h3-4,7H,5-6,8H2,1-2H3,(H,19,25)(H,22,23). The van der Waals surface area contributed by atoms with E-state index in [0.29, 0.717) is 29.6 Å². The van der Waals surface area contributed by atoms with Crippen LogP contribution >= 0.6 is 11.6 Å². The second-order valence-corrected chi connectivity index (χ2v) is 6.56. The van der Waals surface area contributed by atoms with Gasteiger partial charge in [-0.15, -0.1) is 0 Å². The van der Waals surface area contributed by atoms with Crippen molar-refractivity contribution in [1.29, 1.82) is 0 Å². The van der Waals surface area contributed by atoms with Gasteiger partial charge in [-0.25, -0.2) is 15.0 Å². The van der Waals surface area contributed by atoms with E-state index >= 15 is 0 Å². The van der Waals surface area contributed by atoms with Crippen LogP contribution in [0.4, 0.5) is 5.82 Å². The van der Waals surface area contributed by atoms with Crippen LogP contribution < -0.4 is 10.2 Å². The normalized spacial score (nSPS) is 13.6. The van der Waals surface area contributed by atoms with Crippen molar-refractivity contribution >= 4 is 34.4 Å². The van der Waals surface area contributed by atoms with Gasteiger partial charge in [0.1, 0.15) is 23.2 Å². The summed E-state index contributed by atoms with van der Waals surface area (Å²) in [5.41, 5.74) is 3.12. The number of nitrogens with zero attached hydrogens (tertiary/aromatic N) is 4. The molecule has 0 spiro atoms. The molecule has 3 heterocycles. The Kier molecular flexibility index (Phi) is 3.80. The van der Waals surface area contributed by atoms with Crippen LogP contribution in [0.25, 0.3) is 11.0 Å². The lowest BCUT2D eigenvalue weighted by Crippen LogP contribution is -2.35. The van der Waals surface area contributed by atoms with E-state index in [1.165, 1.54) is 0 Å². The zero-order chi connectivity index (χ0) is 17.6. The minimum atomic E-state index is -0.139. The molecule has 2 aromatic heterocycles. The van der Waals surface area contributed by atoms with Crippen LogP contribution in [0.5, 0.6) is 0 Å². The van der Waals surface area contributed by atoms with Crippen LogP contribution in [-0.4, -0.2) is 39.4 Å². The summed E-state index contributed by atoms with van der Waals surface area (Å²) in [7, 11) is 1.94. The molecule has 0 atom stereocenters. The number of H-pyrrole nitrogens is 1. The first-order valence-corrected chi connectivity index (χ1v) is 8.40. The Labute approximate surface area is 149 Å². The van der Waals surface area contributed by atoms with E-state index in [0.717, 1.165) is 34.7 Å². The topological polar surface area (TPSA) is 86.8 Å². The lowest BCUT2D eigenvalue weighted by molar-refractivity contribution is 0.0940. The number of imidazole rings is 1. The highest BCUT2D eigenvalue weighted by Crippen LogP contribution is 2.24. The maximum Gasteiger partial charge on any atom is 0.270 e. The van der Waals surface area contributed by atoms with Gasteiger partial charge in [-0.05, 0) is 31.5 Å². The largest absolute Gasteiger partial charge is 0.352 e. The molecular formula is C17H17ClN6O. The molecule has 1 aromatic carbocycles. The maximum atomic E-state index is 12.1. The molecule has 0 unspecified atom stereocenters. The monoisotopic (exact) mass is 356 g/mol. The average molecular weight is 357 g/mol. The second kappa shape index (κ2) is 6.00. The summed E-state index contributed by atoms with van der Waals surface area (Å²) in [6, 6.07) is 5.56. The lowest BCUT2D eigenvalue weighted by atomic mass is 10.1. The highest BCUT2D eigenvalue weighted by Gasteiger charge is 2.24. The number of fused-ring (bicyclic) bond motifs is 2. The molecule has 4 rings (SSSR count). The predicted octanol–water partition coefficient (Wildman–Crippen LogP) is 2.24. The summed E-state index contributed by atoms with van der Waals surface area (Å²) in [6.07, 6.45) is 0.719. The summed E-state index contributed by atoms with van der Waals surface area (Å²) in [5.74, 6) is 2.02. The molecule has 128 valence electrons. The molecule has 1 aliphatic rings. The fourth-order valence-electron chi connectivity index (χ4n) is 3.11. The summed E-state index contributed by atoms with van der Waals surface area (Å²) < 4.78 is 0. The molecule has 8 heteroatoms. The van der Waals surface area contributed by atoms with Gasteiger partial charge in [-0.2, -0.15) is 0 Å². The molecule has 3 aromatic rings. The predicted molar refractivity (Wildman–Crippen MR) is 96.0 cm³/mol.